The highest BCUT2D eigenvalue weighted by Crippen LogP contribution is 2.16. The molecule has 0 atom stereocenters. The van der Waals surface area contributed by atoms with Crippen molar-refractivity contribution in [2.75, 3.05) is 18.1 Å². The molecule has 0 aliphatic heterocycles. The molecule has 4 nitrogen and oxygen atoms in total. The molecule has 41 heavy (non-hydrogen) atoms. The Morgan fingerprint density at radius 3 is 1.07 bits per heavy atom. The van der Waals surface area contributed by atoms with Gasteiger partial charge in [0.1, 0.15) is 0 Å². The minimum Gasteiger partial charge on any atom is -0.481 e. The van der Waals surface area contributed by atoms with Gasteiger partial charge in [-0.05, 0) is 6.42 Å². The largest absolute Gasteiger partial charge is 0.481 e. The fourth-order valence-corrected chi connectivity index (χ4v) is 6.28. The van der Waals surface area contributed by atoms with E-state index in [1.54, 1.807) is 0 Å². The maximum Gasteiger partial charge on any atom is 0.306 e. The monoisotopic (exact) mass is 598 g/mol. The van der Waals surface area contributed by atoms with Crippen molar-refractivity contribution in [1.29, 1.82) is 0 Å². The second kappa shape index (κ2) is 35.5. The van der Waals surface area contributed by atoms with Crippen LogP contribution in [-0.4, -0.2) is 35.2 Å². The normalized spacial score (nSPS) is 11.2. The highest BCUT2D eigenvalue weighted by Gasteiger charge is 2.04. The summed E-state index contributed by atoms with van der Waals surface area (Å²) < 4.78 is 5.26. The molecule has 0 aromatic heterocycles. The first-order valence-electron chi connectivity index (χ1n) is 18.1. The Hall–Kier alpha value is -0.710. The topological polar surface area (TPSA) is 63.6 Å². The van der Waals surface area contributed by atoms with Crippen LogP contribution in [0.2, 0.25) is 0 Å². The van der Waals surface area contributed by atoms with Crippen LogP contribution >= 0.6 is 11.8 Å². The summed E-state index contributed by atoms with van der Waals surface area (Å²) in [7, 11) is 0. The van der Waals surface area contributed by atoms with Gasteiger partial charge < -0.3 is 9.84 Å². The number of carbonyl (C=O) groups is 2. The summed E-state index contributed by atoms with van der Waals surface area (Å²) in [4.78, 5) is 22.1. The van der Waals surface area contributed by atoms with Crippen LogP contribution in [0.4, 0.5) is 0 Å². The second-order valence-corrected chi connectivity index (χ2v) is 13.5. The minimum atomic E-state index is -0.786. The highest BCUT2D eigenvalue weighted by molar-refractivity contribution is 7.99. The molecule has 244 valence electrons. The van der Waals surface area contributed by atoms with Crippen molar-refractivity contribution in [2.45, 2.75) is 200 Å². The van der Waals surface area contributed by atoms with E-state index in [0.717, 1.165) is 12.8 Å². The summed E-state index contributed by atoms with van der Waals surface area (Å²) in [5, 5.41) is 8.58. The maximum atomic E-state index is 11.6. The van der Waals surface area contributed by atoms with Gasteiger partial charge in [0.15, 0.2) is 0 Å². The summed E-state index contributed by atoms with van der Waals surface area (Å²) >= 11 is 1.50. The van der Waals surface area contributed by atoms with Crippen LogP contribution in [0.5, 0.6) is 0 Å². The number of rotatable bonds is 35. The number of hydrogen-bond acceptors (Lipinski definition) is 4. The third kappa shape index (κ3) is 37.3. The lowest BCUT2D eigenvalue weighted by molar-refractivity contribution is -0.143. The average Bonchev–Trinajstić information content (AvgIpc) is 2.96. The van der Waals surface area contributed by atoms with Crippen molar-refractivity contribution in [3.63, 3.8) is 0 Å². The Kier molecular flexibility index (Phi) is 34.9. The van der Waals surface area contributed by atoms with Crippen molar-refractivity contribution in [2.24, 2.45) is 0 Å². The predicted molar refractivity (Wildman–Crippen MR) is 180 cm³/mol. The van der Waals surface area contributed by atoms with Crippen LogP contribution < -0.4 is 0 Å². The van der Waals surface area contributed by atoms with Gasteiger partial charge in [-0.1, -0.05) is 180 Å². The fourth-order valence-electron chi connectivity index (χ4n) is 5.45. The van der Waals surface area contributed by atoms with Gasteiger partial charge in [-0.15, -0.1) is 0 Å². The van der Waals surface area contributed by atoms with Crippen LogP contribution in [0.25, 0.3) is 0 Å². The highest BCUT2D eigenvalue weighted by atomic mass is 32.2. The molecule has 1 N–H and O–H groups in total. The molecule has 0 bridgehead atoms. The SMILES string of the molecule is CCCCCCCCCCCCCCCCCCCCCCCCCCCCCCOC(=O)CCSCCC(=O)O. The Labute approximate surface area is 260 Å². The molecule has 0 fully saturated rings. The number of unbranched alkanes of at least 4 members (excludes halogenated alkanes) is 27. The number of hydrogen-bond donors (Lipinski definition) is 1. The predicted octanol–water partition coefficient (Wildman–Crippen LogP) is 12.1. The van der Waals surface area contributed by atoms with E-state index < -0.39 is 5.97 Å². The Balaban J connectivity index is 3.10. The lowest BCUT2D eigenvalue weighted by Crippen LogP contribution is -2.07. The van der Waals surface area contributed by atoms with Gasteiger partial charge in [-0.2, -0.15) is 11.8 Å². The van der Waals surface area contributed by atoms with Crippen LogP contribution in [0, 0.1) is 0 Å². The van der Waals surface area contributed by atoms with E-state index in [9.17, 15) is 9.59 Å². The number of aliphatic carboxylic acids is 1. The first kappa shape index (κ1) is 40.3. The van der Waals surface area contributed by atoms with Crippen LogP contribution in [0.3, 0.4) is 0 Å². The third-order valence-electron chi connectivity index (χ3n) is 8.17. The summed E-state index contributed by atoms with van der Waals surface area (Å²) in [5.41, 5.74) is 0. The van der Waals surface area contributed by atoms with Gasteiger partial charge in [0.2, 0.25) is 0 Å². The molecule has 0 rings (SSSR count). The molecular weight excluding hydrogens is 528 g/mol. The van der Waals surface area contributed by atoms with Crippen LogP contribution in [0.15, 0.2) is 0 Å². The molecule has 0 saturated heterocycles. The number of esters is 1. The second-order valence-electron chi connectivity index (χ2n) is 12.3. The molecule has 0 radical (unpaired) electrons. The Morgan fingerprint density at radius 2 is 0.756 bits per heavy atom. The van der Waals surface area contributed by atoms with Gasteiger partial charge in [0.05, 0.1) is 19.4 Å². The van der Waals surface area contributed by atoms with E-state index in [2.05, 4.69) is 6.92 Å². The van der Waals surface area contributed by atoms with Crippen molar-refractivity contribution >= 4 is 23.7 Å². The number of carboxylic acids is 1. The van der Waals surface area contributed by atoms with Crippen molar-refractivity contribution in [3.05, 3.63) is 0 Å². The standard InChI is InChI=1S/C36H70O4S/c1-2-3-4-5-6-7-8-9-10-11-12-13-14-15-16-17-18-19-20-21-22-23-24-25-26-27-28-29-32-40-36(39)31-34-41-33-30-35(37)38/h2-34H2,1H3,(H,37,38). The van der Waals surface area contributed by atoms with Gasteiger partial charge in [-0.3, -0.25) is 9.59 Å². The minimum absolute atomic E-state index is 0.152. The maximum absolute atomic E-state index is 11.6. The molecule has 0 aromatic carbocycles. The Morgan fingerprint density at radius 1 is 0.463 bits per heavy atom. The first-order chi connectivity index (χ1) is 20.2. The fraction of sp³-hybridized carbons (Fsp3) is 0.944. The quantitative estimate of drug-likeness (QED) is 0.0580. The van der Waals surface area contributed by atoms with Crippen molar-refractivity contribution in [1.82, 2.24) is 0 Å². The zero-order chi connectivity index (χ0) is 29.9. The summed E-state index contributed by atoms with van der Waals surface area (Å²) in [5.74, 6) is 0.262. The van der Waals surface area contributed by atoms with Crippen molar-refractivity contribution < 1.29 is 19.4 Å². The molecule has 0 amide bonds. The average molecular weight is 599 g/mol. The number of carbonyl (C=O) groups excluding carboxylic acids is 1. The molecule has 0 spiro atoms. The molecule has 0 unspecified atom stereocenters. The van der Waals surface area contributed by atoms with Gasteiger partial charge >= 0.3 is 11.9 Å². The number of ether oxygens (including phenoxy) is 1. The van der Waals surface area contributed by atoms with Crippen molar-refractivity contribution in [3.8, 4) is 0 Å². The van der Waals surface area contributed by atoms with E-state index in [4.69, 9.17) is 9.84 Å². The zero-order valence-electron chi connectivity index (χ0n) is 27.4. The molecule has 0 aromatic rings. The van der Waals surface area contributed by atoms with E-state index in [-0.39, 0.29) is 12.4 Å². The van der Waals surface area contributed by atoms with E-state index in [0.29, 0.717) is 24.5 Å². The molecule has 0 aliphatic carbocycles. The van der Waals surface area contributed by atoms with Gasteiger partial charge in [0, 0.05) is 11.5 Å². The number of carboxylic acid groups (broad SMARTS) is 1. The summed E-state index contributed by atoms with van der Waals surface area (Å²) in [6, 6.07) is 0. The molecular formula is C36H70O4S. The lowest BCUT2D eigenvalue weighted by atomic mass is 10.0. The molecule has 5 heteroatoms. The van der Waals surface area contributed by atoms with Gasteiger partial charge in [0.25, 0.3) is 0 Å². The molecule has 0 heterocycles. The van der Waals surface area contributed by atoms with E-state index in [1.807, 2.05) is 0 Å². The molecule has 0 aliphatic rings. The van der Waals surface area contributed by atoms with Crippen LogP contribution in [-0.2, 0) is 14.3 Å². The van der Waals surface area contributed by atoms with Crippen LogP contribution in [0.1, 0.15) is 200 Å². The third-order valence-corrected chi connectivity index (χ3v) is 9.16. The lowest BCUT2D eigenvalue weighted by Gasteiger charge is -2.05. The first-order valence-corrected chi connectivity index (χ1v) is 19.3. The summed E-state index contributed by atoms with van der Waals surface area (Å²) in [6.45, 7) is 2.82. The Bertz CT molecular complexity index is 540. The molecule has 0 saturated carbocycles. The smallest absolute Gasteiger partial charge is 0.306 e. The summed E-state index contributed by atoms with van der Waals surface area (Å²) in [6.07, 6.45) is 39.7. The number of thioether (sulfide) groups is 1. The zero-order valence-corrected chi connectivity index (χ0v) is 28.2. The van der Waals surface area contributed by atoms with E-state index in [1.165, 1.54) is 179 Å². The van der Waals surface area contributed by atoms with E-state index >= 15 is 0 Å². The van der Waals surface area contributed by atoms with Gasteiger partial charge in [-0.25, -0.2) is 0 Å².